The summed E-state index contributed by atoms with van der Waals surface area (Å²) in [6, 6.07) is 71.6. The fraction of sp³-hybridized carbons (Fsp3) is 0.0690. The van der Waals surface area contributed by atoms with E-state index < -0.39 is 0 Å². The lowest BCUT2D eigenvalue weighted by Gasteiger charge is -2.25. The molecule has 10 aromatic rings. The first kappa shape index (κ1) is 35.7. The zero-order valence-corrected chi connectivity index (χ0v) is 33.7. The predicted octanol–water partition coefficient (Wildman–Crippen LogP) is 15.8. The molecular weight excluding hydrogens is 725 g/mol. The maximum Gasteiger partial charge on any atom is 0.0620 e. The van der Waals surface area contributed by atoms with Crippen LogP contribution in [0, 0.1) is 0 Å². The van der Waals surface area contributed by atoms with E-state index in [4.69, 9.17) is 0 Å². The second kappa shape index (κ2) is 15.1. The summed E-state index contributed by atoms with van der Waals surface area (Å²) >= 11 is 0. The SMILES string of the molecule is CCn1c2ccccc2c2cc(-n3c(-c4ccccc4)c4c(C5=CC=CCC5)c(-c5ccccc5)c(-c5ccccc5)c(-c5ccccc5)c4c3-c3ccccc3)ccc21. The van der Waals surface area contributed by atoms with Crippen LogP contribution in [-0.4, -0.2) is 9.13 Å². The molecule has 0 saturated carbocycles. The molecule has 0 N–H and O–H groups in total. The largest absolute Gasteiger partial charge is 0.341 e. The van der Waals surface area contributed by atoms with Gasteiger partial charge in [0.15, 0.2) is 0 Å². The Bertz CT molecular complexity index is 3240. The fourth-order valence-electron chi connectivity index (χ4n) is 9.89. The summed E-state index contributed by atoms with van der Waals surface area (Å²) in [5.74, 6) is 0. The molecule has 2 heteroatoms. The first-order valence-electron chi connectivity index (χ1n) is 21.2. The number of rotatable bonds is 8. The quantitative estimate of drug-likeness (QED) is 0.146. The average Bonchev–Trinajstić information content (AvgIpc) is 3.85. The van der Waals surface area contributed by atoms with Gasteiger partial charge in [-0.2, -0.15) is 0 Å². The molecular formula is C58H44N2. The second-order valence-corrected chi connectivity index (χ2v) is 15.7. The summed E-state index contributed by atoms with van der Waals surface area (Å²) in [7, 11) is 0. The third kappa shape index (κ3) is 5.79. The van der Waals surface area contributed by atoms with Gasteiger partial charge in [-0.3, -0.25) is 0 Å². The molecule has 2 aromatic heterocycles. The number of aryl methyl sites for hydroxylation is 1. The van der Waals surface area contributed by atoms with E-state index in [-0.39, 0.29) is 0 Å². The lowest BCUT2D eigenvalue weighted by atomic mass is 9.77. The Balaban J connectivity index is 1.46. The number of hydrogen-bond donors (Lipinski definition) is 0. The topological polar surface area (TPSA) is 9.86 Å². The van der Waals surface area contributed by atoms with Gasteiger partial charge >= 0.3 is 0 Å². The summed E-state index contributed by atoms with van der Waals surface area (Å²) in [6.45, 7) is 3.15. The lowest BCUT2D eigenvalue weighted by molar-refractivity contribution is 0.827. The van der Waals surface area contributed by atoms with Gasteiger partial charge in [0.05, 0.1) is 11.4 Å². The summed E-state index contributed by atoms with van der Waals surface area (Å²) < 4.78 is 5.05. The molecule has 1 aliphatic carbocycles. The Morgan fingerprint density at radius 3 is 1.43 bits per heavy atom. The van der Waals surface area contributed by atoms with Crippen molar-refractivity contribution >= 4 is 38.2 Å². The Hall–Kier alpha value is -7.42. The molecule has 11 rings (SSSR count). The minimum absolute atomic E-state index is 0.902. The van der Waals surface area contributed by atoms with E-state index in [1.165, 1.54) is 99.6 Å². The van der Waals surface area contributed by atoms with Crippen molar-refractivity contribution in [3.05, 3.63) is 218 Å². The van der Waals surface area contributed by atoms with Gasteiger partial charge < -0.3 is 9.13 Å². The number of para-hydroxylation sites is 1. The van der Waals surface area contributed by atoms with Crippen LogP contribution in [0.15, 0.2) is 212 Å². The van der Waals surface area contributed by atoms with Gasteiger partial charge in [0, 0.05) is 50.4 Å². The van der Waals surface area contributed by atoms with Gasteiger partial charge in [0.2, 0.25) is 0 Å². The van der Waals surface area contributed by atoms with E-state index in [1.54, 1.807) is 0 Å². The van der Waals surface area contributed by atoms with Gasteiger partial charge in [-0.15, -0.1) is 0 Å². The normalized spacial score (nSPS) is 12.7. The Labute approximate surface area is 351 Å². The molecule has 8 aromatic carbocycles. The highest BCUT2D eigenvalue weighted by Crippen LogP contribution is 2.56. The van der Waals surface area contributed by atoms with Crippen LogP contribution >= 0.6 is 0 Å². The van der Waals surface area contributed by atoms with Crippen molar-refractivity contribution in [2.75, 3.05) is 0 Å². The molecule has 2 nitrogen and oxygen atoms in total. The van der Waals surface area contributed by atoms with Crippen LogP contribution in [0.25, 0.3) is 99.7 Å². The summed E-state index contributed by atoms with van der Waals surface area (Å²) in [4.78, 5) is 0. The third-order valence-electron chi connectivity index (χ3n) is 12.4. The summed E-state index contributed by atoms with van der Waals surface area (Å²) in [5, 5.41) is 5.07. The number of aromatic nitrogens is 2. The zero-order chi connectivity index (χ0) is 40.0. The van der Waals surface area contributed by atoms with E-state index in [2.05, 4.69) is 228 Å². The maximum absolute atomic E-state index is 2.60. The summed E-state index contributed by atoms with van der Waals surface area (Å²) in [5.41, 5.74) is 18.4. The molecule has 0 bridgehead atoms. The van der Waals surface area contributed by atoms with E-state index >= 15 is 0 Å². The minimum atomic E-state index is 0.902. The molecule has 60 heavy (non-hydrogen) atoms. The molecule has 0 aliphatic heterocycles. The van der Waals surface area contributed by atoms with Crippen LogP contribution < -0.4 is 0 Å². The zero-order valence-electron chi connectivity index (χ0n) is 33.7. The van der Waals surface area contributed by atoms with E-state index in [0.717, 1.165) is 25.1 Å². The van der Waals surface area contributed by atoms with Gasteiger partial charge in [0.25, 0.3) is 0 Å². The monoisotopic (exact) mass is 768 g/mol. The van der Waals surface area contributed by atoms with Crippen LogP contribution in [0.4, 0.5) is 0 Å². The van der Waals surface area contributed by atoms with Crippen molar-refractivity contribution in [3.8, 4) is 61.6 Å². The first-order valence-corrected chi connectivity index (χ1v) is 21.2. The smallest absolute Gasteiger partial charge is 0.0620 e. The molecule has 0 amide bonds. The predicted molar refractivity (Wildman–Crippen MR) is 255 cm³/mol. The Morgan fingerprint density at radius 2 is 0.900 bits per heavy atom. The molecule has 0 saturated heterocycles. The Morgan fingerprint density at radius 1 is 0.433 bits per heavy atom. The standard InChI is InChI=1S/C58H44N2/c1-2-59-49-36-22-21-35-47(49)48-39-46(37-38-50(48)59)60-57(44-31-17-7-18-32-44)55-53(42-27-13-5-14-28-42)51(40-23-9-3-10-24-40)52(41-25-11-4-12-26-41)54(43-29-15-6-16-30-43)56(55)58(60)45-33-19-8-20-34-45/h3-15,17-29,31-39H,2,16,30H2,1H3. The highest BCUT2D eigenvalue weighted by atomic mass is 15.0. The van der Waals surface area contributed by atoms with Crippen molar-refractivity contribution in [3.63, 3.8) is 0 Å². The van der Waals surface area contributed by atoms with Gasteiger partial charge in [-0.1, -0.05) is 188 Å². The van der Waals surface area contributed by atoms with Crippen LogP contribution in [0.3, 0.4) is 0 Å². The van der Waals surface area contributed by atoms with Gasteiger partial charge in [-0.25, -0.2) is 0 Å². The molecule has 0 fully saturated rings. The highest BCUT2D eigenvalue weighted by molar-refractivity contribution is 6.24. The number of benzene rings is 8. The molecule has 0 unspecified atom stereocenters. The van der Waals surface area contributed by atoms with Gasteiger partial charge in [0.1, 0.15) is 0 Å². The number of hydrogen-bond acceptors (Lipinski definition) is 0. The molecule has 2 heterocycles. The van der Waals surface area contributed by atoms with Crippen molar-refractivity contribution in [1.82, 2.24) is 9.13 Å². The van der Waals surface area contributed by atoms with E-state index in [1.807, 2.05) is 0 Å². The fourth-order valence-corrected chi connectivity index (χ4v) is 9.89. The van der Waals surface area contributed by atoms with Crippen molar-refractivity contribution in [2.45, 2.75) is 26.3 Å². The first-order chi connectivity index (χ1) is 29.8. The van der Waals surface area contributed by atoms with E-state index in [0.29, 0.717) is 0 Å². The second-order valence-electron chi connectivity index (χ2n) is 15.7. The molecule has 286 valence electrons. The third-order valence-corrected chi connectivity index (χ3v) is 12.4. The Kier molecular flexibility index (Phi) is 8.97. The van der Waals surface area contributed by atoms with Crippen LogP contribution in [0.2, 0.25) is 0 Å². The van der Waals surface area contributed by atoms with E-state index in [9.17, 15) is 0 Å². The number of allylic oxidation sites excluding steroid dienone is 4. The van der Waals surface area contributed by atoms with Crippen LogP contribution in [0.5, 0.6) is 0 Å². The molecule has 0 radical (unpaired) electrons. The van der Waals surface area contributed by atoms with Crippen molar-refractivity contribution < 1.29 is 0 Å². The number of nitrogens with zero attached hydrogens (tertiary/aromatic N) is 2. The lowest BCUT2D eigenvalue weighted by Crippen LogP contribution is -2.01. The van der Waals surface area contributed by atoms with Crippen molar-refractivity contribution in [1.29, 1.82) is 0 Å². The maximum atomic E-state index is 2.60. The highest BCUT2D eigenvalue weighted by Gasteiger charge is 2.33. The molecule has 0 spiro atoms. The number of fused-ring (bicyclic) bond motifs is 4. The summed E-state index contributed by atoms with van der Waals surface area (Å²) in [6.07, 6.45) is 8.89. The van der Waals surface area contributed by atoms with Crippen LogP contribution in [0.1, 0.15) is 25.3 Å². The minimum Gasteiger partial charge on any atom is -0.341 e. The van der Waals surface area contributed by atoms with Crippen molar-refractivity contribution in [2.24, 2.45) is 0 Å². The molecule has 0 atom stereocenters. The van der Waals surface area contributed by atoms with Gasteiger partial charge in [-0.05, 0) is 94.1 Å². The average molecular weight is 769 g/mol. The molecule has 1 aliphatic rings. The van der Waals surface area contributed by atoms with Crippen LogP contribution in [-0.2, 0) is 6.54 Å².